The zero-order valence-corrected chi connectivity index (χ0v) is 9.93. The molecule has 1 saturated heterocycles. The number of rotatable bonds is 2. The van der Waals surface area contributed by atoms with Crippen molar-refractivity contribution in [3.05, 3.63) is 47.2 Å². The van der Waals surface area contributed by atoms with Crippen molar-refractivity contribution >= 4 is 17.4 Å². The number of hydrogen-bond acceptors (Lipinski definition) is 4. The molecule has 0 radical (unpaired) electrons. The van der Waals surface area contributed by atoms with Gasteiger partial charge in [0.25, 0.3) is 5.91 Å². The zero-order chi connectivity index (χ0) is 11.7. The summed E-state index contributed by atoms with van der Waals surface area (Å²) in [7, 11) is 0. The molecule has 86 valence electrons. The van der Waals surface area contributed by atoms with Gasteiger partial charge in [-0.3, -0.25) is 9.78 Å². The number of aromatic nitrogens is 2. The molecule has 2 aromatic rings. The first-order chi connectivity index (χ1) is 8.34. The minimum atomic E-state index is 0.0952. The Hall–Kier alpha value is -1.75. The van der Waals surface area contributed by atoms with Crippen LogP contribution >= 0.6 is 11.5 Å². The number of hydrogen-bond donors (Lipinski definition) is 0. The maximum Gasteiger partial charge on any atom is 0.265 e. The predicted molar refractivity (Wildman–Crippen MR) is 65.0 cm³/mol. The molecule has 1 aliphatic rings. The molecule has 4 nitrogen and oxygen atoms in total. The molecule has 0 bridgehead atoms. The molecule has 1 fully saturated rings. The molecule has 0 aromatic carbocycles. The van der Waals surface area contributed by atoms with Crippen molar-refractivity contribution in [3.63, 3.8) is 0 Å². The predicted octanol–water partition coefficient (Wildman–Crippen LogP) is 1.78. The van der Waals surface area contributed by atoms with E-state index in [4.69, 9.17) is 0 Å². The highest BCUT2D eigenvalue weighted by Gasteiger charge is 2.32. The smallest absolute Gasteiger partial charge is 0.265 e. The monoisotopic (exact) mass is 245 g/mol. The van der Waals surface area contributed by atoms with Gasteiger partial charge in [0.2, 0.25) is 0 Å². The lowest BCUT2D eigenvalue weighted by atomic mass is 9.92. The average molecular weight is 245 g/mol. The largest absolute Gasteiger partial charge is 0.337 e. The molecule has 5 heteroatoms. The fourth-order valence-corrected chi connectivity index (χ4v) is 2.54. The van der Waals surface area contributed by atoms with Gasteiger partial charge in [0.05, 0.1) is 0 Å². The van der Waals surface area contributed by atoms with Crippen LogP contribution in [0.3, 0.4) is 0 Å². The third kappa shape index (κ3) is 1.93. The van der Waals surface area contributed by atoms with Crippen LogP contribution in [0.1, 0.15) is 21.2 Å². The summed E-state index contributed by atoms with van der Waals surface area (Å²) in [5.74, 6) is 0.549. The van der Waals surface area contributed by atoms with E-state index in [-0.39, 0.29) is 5.91 Å². The van der Waals surface area contributed by atoms with E-state index in [0.717, 1.165) is 18.0 Å². The summed E-state index contributed by atoms with van der Waals surface area (Å²) in [6.07, 6.45) is 5.25. The minimum Gasteiger partial charge on any atom is -0.337 e. The molecule has 0 spiro atoms. The van der Waals surface area contributed by atoms with Gasteiger partial charge in [-0.1, -0.05) is 0 Å². The normalized spacial score (nSPS) is 15.6. The van der Waals surface area contributed by atoms with E-state index in [1.54, 1.807) is 24.7 Å². The number of nitrogens with zero attached hydrogens (tertiary/aromatic N) is 3. The molecule has 0 atom stereocenters. The molecule has 0 N–H and O–H groups in total. The quantitative estimate of drug-likeness (QED) is 0.810. The van der Waals surface area contributed by atoms with Gasteiger partial charge in [-0.05, 0) is 35.3 Å². The van der Waals surface area contributed by atoms with Crippen LogP contribution in [0.2, 0.25) is 0 Å². The number of pyridine rings is 1. The van der Waals surface area contributed by atoms with Gasteiger partial charge in [0.15, 0.2) is 0 Å². The first-order valence-corrected chi connectivity index (χ1v) is 6.22. The van der Waals surface area contributed by atoms with Crippen molar-refractivity contribution in [2.75, 3.05) is 13.1 Å². The second kappa shape index (κ2) is 4.25. The van der Waals surface area contributed by atoms with E-state index < -0.39 is 0 Å². The van der Waals surface area contributed by atoms with Gasteiger partial charge < -0.3 is 4.90 Å². The summed E-state index contributed by atoms with van der Waals surface area (Å²) in [6.45, 7) is 1.58. The van der Waals surface area contributed by atoms with Gasteiger partial charge in [-0.2, -0.15) is 0 Å². The molecule has 3 rings (SSSR count). The molecule has 17 heavy (non-hydrogen) atoms. The SMILES string of the molecule is O=C(c1ccns1)N1CC(c2ccncc2)C1. The minimum absolute atomic E-state index is 0.0952. The average Bonchev–Trinajstić information content (AvgIpc) is 2.81. The molecule has 0 saturated carbocycles. The molecular formula is C12H11N3OS. The molecule has 0 aliphatic carbocycles. The Morgan fingerprint density at radius 2 is 2.00 bits per heavy atom. The molecule has 2 aromatic heterocycles. The molecule has 1 amide bonds. The van der Waals surface area contributed by atoms with Crippen molar-refractivity contribution in [2.45, 2.75) is 5.92 Å². The third-order valence-corrected chi connectivity index (χ3v) is 3.73. The number of carbonyl (C=O) groups is 1. The topological polar surface area (TPSA) is 46.1 Å². The van der Waals surface area contributed by atoms with Gasteiger partial charge in [0, 0.05) is 37.6 Å². The maximum atomic E-state index is 11.9. The Morgan fingerprint density at radius 3 is 2.65 bits per heavy atom. The van der Waals surface area contributed by atoms with E-state index in [1.807, 2.05) is 17.0 Å². The number of likely N-dealkylation sites (tertiary alicyclic amines) is 1. The molecule has 3 heterocycles. The van der Waals surface area contributed by atoms with Crippen LogP contribution in [0.15, 0.2) is 36.8 Å². The van der Waals surface area contributed by atoms with Gasteiger partial charge in [-0.15, -0.1) is 0 Å². The lowest BCUT2D eigenvalue weighted by Gasteiger charge is -2.39. The summed E-state index contributed by atoms with van der Waals surface area (Å²) in [4.78, 5) is 18.5. The third-order valence-electron chi connectivity index (χ3n) is 2.99. The van der Waals surface area contributed by atoms with Crippen molar-refractivity contribution in [3.8, 4) is 0 Å². The second-order valence-electron chi connectivity index (χ2n) is 4.06. The van der Waals surface area contributed by atoms with Crippen molar-refractivity contribution in [1.82, 2.24) is 14.3 Å². The Kier molecular flexibility index (Phi) is 2.60. The van der Waals surface area contributed by atoms with Crippen LogP contribution < -0.4 is 0 Å². The van der Waals surface area contributed by atoms with E-state index in [1.165, 1.54) is 17.1 Å². The molecule has 1 aliphatic heterocycles. The Labute approximate surface area is 103 Å². The van der Waals surface area contributed by atoms with Crippen molar-refractivity contribution in [1.29, 1.82) is 0 Å². The van der Waals surface area contributed by atoms with Crippen LogP contribution in [-0.4, -0.2) is 33.3 Å². The first-order valence-electron chi connectivity index (χ1n) is 5.44. The first kappa shape index (κ1) is 10.4. The van der Waals surface area contributed by atoms with Crippen LogP contribution in [-0.2, 0) is 0 Å². The fourth-order valence-electron chi connectivity index (χ4n) is 1.97. The summed E-state index contributed by atoms with van der Waals surface area (Å²) >= 11 is 1.25. The summed E-state index contributed by atoms with van der Waals surface area (Å²) < 4.78 is 3.95. The van der Waals surface area contributed by atoms with Gasteiger partial charge >= 0.3 is 0 Å². The van der Waals surface area contributed by atoms with Crippen LogP contribution in [0.25, 0.3) is 0 Å². The van der Waals surface area contributed by atoms with Gasteiger partial charge in [-0.25, -0.2) is 4.37 Å². The standard InChI is InChI=1S/C12H11N3OS/c16-12(11-3-6-14-17-11)15-7-10(8-15)9-1-4-13-5-2-9/h1-6,10H,7-8H2. The highest BCUT2D eigenvalue weighted by Crippen LogP contribution is 2.28. The maximum absolute atomic E-state index is 11.9. The summed E-state index contributed by atoms with van der Waals surface area (Å²) in [6, 6.07) is 5.80. The highest BCUT2D eigenvalue weighted by molar-refractivity contribution is 7.08. The molecular weight excluding hydrogens is 234 g/mol. The lowest BCUT2D eigenvalue weighted by molar-refractivity contribution is 0.0607. The number of amides is 1. The lowest BCUT2D eigenvalue weighted by Crippen LogP contribution is -2.48. The second-order valence-corrected chi connectivity index (χ2v) is 4.90. The van der Waals surface area contributed by atoms with Crippen LogP contribution in [0, 0.1) is 0 Å². The fraction of sp³-hybridized carbons (Fsp3) is 0.250. The van der Waals surface area contributed by atoms with Crippen molar-refractivity contribution < 1.29 is 4.79 Å². The van der Waals surface area contributed by atoms with E-state index in [2.05, 4.69) is 9.36 Å². The summed E-state index contributed by atoms with van der Waals surface area (Å²) in [5, 5.41) is 0. The van der Waals surface area contributed by atoms with E-state index in [9.17, 15) is 4.79 Å². The van der Waals surface area contributed by atoms with Crippen LogP contribution in [0.5, 0.6) is 0 Å². The zero-order valence-electron chi connectivity index (χ0n) is 9.11. The Morgan fingerprint density at radius 1 is 1.24 bits per heavy atom. The van der Waals surface area contributed by atoms with E-state index in [0.29, 0.717) is 5.92 Å². The summed E-state index contributed by atoms with van der Waals surface area (Å²) in [5.41, 5.74) is 1.26. The highest BCUT2D eigenvalue weighted by atomic mass is 32.1. The van der Waals surface area contributed by atoms with Gasteiger partial charge in [0.1, 0.15) is 4.88 Å². The van der Waals surface area contributed by atoms with Crippen LogP contribution in [0.4, 0.5) is 0 Å². The van der Waals surface area contributed by atoms with E-state index >= 15 is 0 Å². The number of carbonyl (C=O) groups excluding carboxylic acids is 1. The Bertz CT molecular complexity index is 506. The Balaban J connectivity index is 1.64. The molecule has 0 unspecified atom stereocenters. The van der Waals surface area contributed by atoms with Crippen molar-refractivity contribution in [2.24, 2.45) is 0 Å².